The number of benzene rings is 2. The van der Waals surface area contributed by atoms with Gasteiger partial charge in [0.2, 0.25) is 10.0 Å². The van der Waals surface area contributed by atoms with Crippen LogP contribution in [0, 0.1) is 17.1 Å². The van der Waals surface area contributed by atoms with Gasteiger partial charge < -0.3 is 0 Å². The monoisotopic (exact) mass is 359 g/mol. The molecule has 3 rings (SSSR count). The van der Waals surface area contributed by atoms with E-state index < -0.39 is 10.0 Å². The summed E-state index contributed by atoms with van der Waals surface area (Å²) in [6.07, 6.45) is 0. The minimum atomic E-state index is -3.68. The van der Waals surface area contributed by atoms with Gasteiger partial charge in [-0.1, -0.05) is 24.3 Å². The van der Waals surface area contributed by atoms with Crippen LogP contribution in [0.4, 0.5) is 4.39 Å². The molecule has 5 nitrogen and oxygen atoms in total. The zero-order valence-corrected chi connectivity index (χ0v) is 14.4. The number of nitrogens with zero attached hydrogens (tertiary/aromatic N) is 3. The fourth-order valence-corrected chi connectivity index (χ4v) is 4.51. The second-order valence-electron chi connectivity index (χ2n) is 5.92. The lowest BCUT2D eigenvalue weighted by Crippen LogP contribution is -2.48. The van der Waals surface area contributed by atoms with Gasteiger partial charge in [-0.15, -0.1) is 0 Å². The molecule has 0 aliphatic carbocycles. The van der Waals surface area contributed by atoms with Crippen molar-refractivity contribution in [2.24, 2.45) is 0 Å². The van der Waals surface area contributed by atoms with Crippen molar-refractivity contribution in [1.82, 2.24) is 9.21 Å². The van der Waals surface area contributed by atoms with Crippen LogP contribution >= 0.6 is 0 Å². The first kappa shape index (κ1) is 17.5. The molecule has 2 aromatic rings. The quantitative estimate of drug-likeness (QED) is 0.840. The molecule has 2 aromatic carbocycles. The predicted molar refractivity (Wildman–Crippen MR) is 91.6 cm³/mol. The van der Waals surface area contributed by atoms with Crippen LogP contribution in [0.15, 0.2) is 53.4 Å². The van der Waals surface area contributed by atoms with Crippen LogP contribution in [0.5, 0.6) is 0 Å². The molecule has 1 fully saturated rings. The number of sulfonamides is 1. The molecule has 0 N–H and O–H groups in total. The molecule has 1 aliphatic rings. The van der Waals surface area contributed by atoms with Crippen molar-refractivity contribution in [3.63, 3.8) is 0 Å². The predicted octanol–water partition coefficient (Wildman–Crippen LogP) is 2.20. The van der Waals surface area contributed by atoms with E-state index in [-0.39, 0.29) is 16.3 Å². The summed E-state index contributed by atoms with van der Waals surface area (Å²) in [7, 11) is -3.68. The average Bonchev–Trinajstić information content (AvgIpc) is 2.62. The normalized spacial score (nSPS) is 16.5. The van der Waals surface area contributed by atoms with Crippen molar-refractivity contribution < 1.29 is 12.8 Å². The zero-order chi connectivity index (χ0) is 17.9. The van der Waals surface area contributed by atoms with E-state index in [9.17, 15) is 12.8 Å². The fraction of sp³-hybridized carbons (Fsp3) is 0.278. The van der Waals surface area contributed by atoms with E-state index >= 15 is 0 Å². The first-order chi connectivity index (χ1) is 12.0. The van der Waals surface area contributed by atoms with Crippen LogP contribution in [0.1, 0.15) is 11.1 Å². The Kier molecular flexibility index (Phi) is 5.13. The van der Waals surface area contributed by atoms with Crippen molar-refractivity contribution in [2.45, 2.75) is 11.4 Å². The van der Waals surface area contributed by atoms with Crippen LogP contribution < -0.4 is 0 Å². The van der Waals surface area contributed by atoms with Gasteiger partial charge in [-0.25, -0.2) is 12.8 Å². The van der Waals surface area contributed by atoms with Gasteiger partial charge in [0.15, 0.2) is 0 Å². The van der Waals surface area contributed by atoms with Gasteiger partial charge in [0, 0.05) is 32.7 Å². The maximum absolute atomic E-state index is 13.3. The summed E-state index contributed by atoms with van der Waals surface area (Å²) in [6.45, 7) is 2.39. The van der Waals surface area contributed by atoms with Crippen molar-refractivity contribution in [3.8, 4) is 6.07 Å². The van der Waals surface area contributed by atoms with Crippen molar-refractivity contribution in [1.29, 1.82) is 5.26 Å². The Morgan fingerprint density at radius 2 is 1.76 bits per heavy atom. The second kappa shape index (κ2) is 7.31. The standard InChI is InChI=1S/C18H18FN3O2S/c19-17-6-3-4-15(12-17)14-21-8-10-22(11-9-21)25(23,24)18-7-2-1-5-16(18)13-20/h1-7,12H,8-11,14H2. The number of piperazine rings is 1. The molecule has 1 aliphatic heterocycles. The number of rotatable bonds is 4. The third-order valence-electron chi connectivity index (χ3n) is 4.25. The Bertz CT molecular complexity index is 901. The molecule has 0 unspecified atom stereocenters. The van der Waals surface area contributed by atoms with Gasteiger partial charge in [-0.2, -0.15) is 9.57 Å². The molecular weight excluding hydrogens is 341 g/mol. The highest BCUT2D eigenvalue weighted by Crippen LogP contribution is 2.21. The van der Waals surface area contributed by atoms with E-state index in [1.807, 2.05) is 12.1 Å². The molecule has 0 spiro atoms. The van der Waals surface area contributed by atoms with Crippen LogP contribution in [0.25, 0.3) is 0 Å². The fourth-order valence-electron chi connectivity index (χ4n) is 2.94. The van der Waals surface area contributed by atoms with E-state index in [4.69, 9.17) is 5.26 Å². The summed E-state index contributed by atoms with van der Waals surface area (Å²) in [6, 6.07) is 14.6. The summed E-state index contributed by atoms with van der Waals surface area (Å²) in [5, 5.41) is 9.14. The van der Waals surface area contributed by atoms with Crippen LogP contribution in [-0.4, -0.2) is 43.8 Å². The van der Waals surface area contributed by atoms with E-state index in [0.29, 0.717) is 32.7 Å². The lowest BCUT2D eigenvalue weighted by atomic mass is 10.2. The molecule has 25 heavy (non-hydrogen) atoms. The molecule has 0 radical (unpaired) electrons. The summed E-state index contributed by atoms with van der Waals surface area (Å²) in [4.78, 5) is 2.15. The lowest BCUT2D eigenvalue weighted by molar-refractivity contribution is 0.181. The Labute approximate surface area is 147 Å². The van der Waals surface area contributed by atoms with E-state index in [0.717, 1.165) is 5.56 Å². The number of nitriles is 1. The van der Waals surface area contributed by atoms with Crippen LogP contribution in [-0.2, 0) is 16.6 Å². The molecule has 0 saturated carbocycles. The lowest BCUT2D eigenvalue weighted by Gasteiger charge is -2.34. The van der Waals surface area contributed by atoms with E-state index in [1.54, 1.807) is 18.2 Å². The topological polar surface area (TPSA) is 64.4 Å². The summed E-state index contributed by atoms with van der Waals surface area (Å²) < 4.78 is 40.2. The molecule has 130 valence electrons. The largest absolute Gasteiger partial charge is 0.296 e. The smallest absolute Gasteiger partial charge is 0.244 e. The summed E-state index contributed by atoms with van der Waals surface area (Å²) >= 11 is 0. The minimum Gasteiger partial charge on any atom is -0.296 e. The summed E-state index contributed by atoms with van der Waals surface area (Å²) in [5.41, 5.74) is 1.02. The van der Waals surface area contributed by atoms with Crippen molar-refractivity contribution in [2.75, 3.05) is 26.2 Å². The molecule has 1 heterocycles. The highest BCUT2D eigenvalue weighted by Gasteiger charge is 2.30. The Balaban J connectivity index is 1.68. The molecule has 0 amide bonds. The van der Waals surface area contributed by atoms with Gasteiger partial charge in [0.25, 0.3) is 0 Å². The third-order valence-corrected chi connectivity index (χ3v) is 6.21. The average molecular weight is 359 g/mol. The molecule has 7 heteroatoms. The number of hydrogen-bond acceptors (Lipinski definition) is 4. The van der Waals surface area contributed by atoms with Crippen molar-refractivity contribution in [3.05, 3.63) is 65.5 Å². The molecule has 1 saturated heterocycles. The highest BCUT2D eigenvalue weighted by atomic mass is 32.2. The maximum atomic E-state index is 13.3. The van der Waals surface area contributed by atoms with Gasteiger partial charge in [0.05, 0.1) is 10.5 Å². The maximum Gasteiger partial charge on any atom is 0.244 e. The molecule has 0 atom stereocenters. The molecule has 0 bridgehead atoms. The van der Waals surface area contributed by atoms with Gasteiger partial charge in [0.1, 0.15) is 11.9 Å². The number of halogens is 1. The van der Waals surface area contributed by atoms with E-state index in [2.05, 4.69) is 4.90 Å². The first-order valence-corrected chi connectivity index (χ1v) is 9.41. The second-order valence-corrected chi connectivity index (χ2v) is 7.82. The van der Waals surface area contributed by atoms with Crippen molar-refractivity contribution >= 4 is 10.0 Å². The number of hydrogen-bond donors (Lipinski definition) is 0. The van der Waals surface area contributed by atoms with Gasteiger partial charge in [-0.3, -0.25) is 4.90 Å². The molecule has 0 aromatic heterocycles. The summed E-state index contributed by atoms with van der Waals surface area (Å²) in [5.74, 6) is -0.271. The zero-order valence-electron chi connectivity index (χ0n) is 13.6. The molecular formula is C18H18FN3O2S. The van der Waals surface area contributed by atoms with Gasteiger partial charge in [-0.05, 0) is 29.8 Å². The Hall–Kier alpha value is -2.27. The van der Waals surface area contributed by atoms with E-state index in [1.165, 1.54) is 28.6 Å². The Morgan fingerprint density at radius 3 is 2.44 bits per heavy atom. The van der Waals surface area contributed by atoms with Gasteiger partial charge >= 0.3 is 0 Å². The minimum absolute atomic E-state index is 0.0519. The Morgan fingerprint density at radius 1 is 1.04 bits per heavy atom. The first-order valence-electron chi connectivity index (χ1n) is 7.97. The van der Waals surface area contributed by atoms with Crippen LogP contribution in [0.2, 0.25) is 0 Å². The highest BCUT2D eigenvalue weighted by molar-refractivity contribution is 7.89. The third kappa shape index (κ3) is 3.87. The van der Waals surface area contributed by atoms with Crippen LogP contribution in [0.3, 0.4) is 0 Å². The SMILES string of the molecule is N#Cc1ccccc1S(=O)(=O)N1CCN(Cc2cccc(F)c2)CC1.